The van der Waals surface area contributed by atoms with Crippen LogP contribution in [0.15, 0.2) is 36.4 Å². The predicted octanol–water partition coefficient (Wildman–Crippen LogP) is 2.73. The molecule has 0 unspecified atom stereocenters. The van der Waals surface area contributed by atoms with Crippen molar-refractivity contribution in [2.24, 2.45) is 0 Å². The summed E-state index contributed by atoms with van der Waals surface area (Å²) in [6.45, 7) is 3.69. The monoisotopic (exact) mass is 330 g/mol. The Kier molecular flexibility index (Phi) is 5.14. The minimum atomic E-state index is -1.91. The molecule has 0 saturated heterocycles. The molecule has 2 rings (SSSR count). The summed E-state index contributed by atoms with van der Waals surface area (Å²) in [6, 6.07) is 10.2. The number of benzene rings is 2. The van der Waals surface area contributed by atoms with E-state index in [0.717, 1.165) is 11.1 Å². The Hall–Kier alpha value is -2.53. The normalized spacial score (nSPS) is 11.1. The van der Waals surface area contributed by atoms with Gasteiger partial charge in [0.2, 0.25) is 5.60 Å². The van der Waals surface area contributed by atoms with Crippen LogP contribution in [0.4, 0.5) is 0 Å². The van der Waals surface area contributed by atoms with E-state index < -0.39 is 11.6 Å². The van der Waals surface area contributed by atoms with Crippen molar-refractivity contribution in [1.29, 1.82) is 0 Å². The first kappa shape index (κ1) is 17.8. The molecule has 0 saturated carbocycles. The summed E-state index contributed by atoms with van der Waals surface area (Å²) in [4.78, 5) is 12.4. The molecule has 0 atom stereocenters. The second kappa shape index (κ2) is 6.93. The zero-order valence-electron chi connectivity index (χ0n) is 14.5. The van der Waals surface area contributed by atoms with Gasteiger partial charge in [-0.15, -0.1) is 0 Å². The molecule has 2 aromatic rings. The van der Waals surface area contributed by atoms with Crippen LogP contribution >= 0.6 is 0 Å². The maximum absolute atomic E-state index is 12.4. The highest BCUT2D eigenvalue weighted by molar-refractivity contribution is 5.85. The van der Waals surface area contributed by atoms with E-state index in [-0.39, 0.29) is 0 Å². The summed E-state index contributed by atoms with van der Waals surface area (Å²) in [5, 5.41) is 11.2. The third-order valence-corrected chi connectivity index (χ3v) is 4.11. The molecule has 0 amide bonds. The standard InChI is InChI=1S/C19H22O5/c1-12-10-14(6-8-16(12)22-3)19(21,18(20)24-5)15-7-9-17(23-4)13(2)11-15/h6-11,21H,1-5H3. The second-order valence-electron chi connectivity index (χ2n) is 5.57. The van der Waals surface area contributed by atoms with E-state index in [1.165, 1.54) is 7.11 Å². The molecule has 0 spiro atoms. The number of esters is 1. The Balaban J connectivity index is 2.65. The van der Waals surface area contributed by atoms with Crippen molar-refractivity contribution in [3.63, 3.8) is 0 Å². The Labute approximate surface area is 141 Å². The summed E-state index contributed by atoms with van der Waals surface area (Å²) >= 11 is 0. The molecule has 0 aromatic heterocycles. The molecule has 5 nitrogen and oxygen atoms in total. The molecule has 0 aliphatic rings. The number of aliphatic hydroxyl groups is 1. The number of carbonyl (C=O) groups is 1. The number of aryl methyl sites for hydroxylation is 2. The lowest BCUT2D eigenvalue weighted by Gasteiger charge is -2.27. The third kappa shape index (κ3) is 2.95. The molecular formula is C19H22O5. The van der Waals surface area contributed by atoms with Crippen LogP contribution < -0.4 is 9.47 Å². The Morgan fingerprint density at radius 1 is 0.875 bits per heavy atom. The predicted molar refractivity (Wildman–Crippen MR) is 90.5 cm³/mol. The number of carbonyl (C=O) groups excluding carboxylic acids is 1. The van der Waals surface area contributed by atoms with Crippen LogP contribution in [0.3, 0.4) is 0 Å². The van der Waals surface area contributed by atoms with Gasteiger partial charge in [0, 0.05) is 0 Å². The number of methoxy groups -OCH3 is 3. The van der Waals surface area contributed by atoms with E-state index in [0.29, 0.717) is 22.6 Å². The first-order valence-electron chi connectivity index (χ1n) is 7.49. The summed E-state index contributed by atoms with van der Waals surface area (Å²) in [7, 11) is 4.39. The van der Waals surface area contributed by atoms with Crippen molar-refractivity contribution in [3.8, 4) is 11.5 Å². The number of ether oxygens (including phenoxy) is 3. The lowest BCUT2D eigenvalue weighted by Crippen LogP contribution is -2.38. The van der Waals surface area contributed by atoms with Crippen molar-refractivity contribution in [3.05, 3.63) is 58.7 Å². The van der Waals surface area contributed by atoms with Gasteiger partial charge in [-0.25, -0.2) is 4.79 Å². The third-order valence-electron chi connectivity index (χ3n) is 4.11. The number of hydrogen-bond acceptors (Lipinski definition) is 5. The molecule has 0 heterocycles. The van der Waals surface area contributed by atoms with Crippen molar-refractivity contribution in [2.75, 3.05) is 21.3 Å². The first-order chi connectivity index (χ1) is 11.4. The van der Waals surface area contributed by atoms with E-state index in [1.54, 1.807) is 50.6 Å². The van der Waals surface area contributed by atoms with Crippen molar-refractivity contribution in [1.82, 2.24) is 0 Å². The van der Waals surface area contributed by atoms with Crippen molar-refractivity contribution in [2.45, 2.75) is 19.4 Å². The van der Waals surface area contributed by atoms with Crippen LogP contribution in [0.2, 0.25) is 0 Å². The molecule has 5 heteroatoms. The van der Waals surface area contributed by atoms with E-state index in [9.17, 15) is 9.90 Å². The molecule has 0 bridgehead atoms. The minimum Gasteiger partial charge on any atom is -0.496 e. The summed E-state index contributed by atoms with van der Waals surface area (Å²) in [5.41, 5.74) is 0.530. The molecule has 24 heavy (non-hydrogen) atoms. The first-order valence-corrected chi connectivity index (χ1v) is 7.49. The highest BCUT2D eigenvalue weighted by Gasteiger charge is 2.41. The van der Waals surface area contributed by atoms with Crippen molar-refractivity contribution < 1.29 is 24.1 Å². The molecule has 2 aromatic carbocycles. The molecule has 0 fully saturated rings. The summed E-state index contributed by atoms with van der Waals surface area (Å²) < 4.78 is 15.3. The van der Waals surface area contributed by atoms with Crippen LogP contribution in [-0.2, 0) is 15.1 Å². The van der Waals surface area contributed by atoms with E-state index in [1.807, 2.05) is 13.8 Å². The van der Waals surface area contributed by atoms with Gasteiger partial charge in [-0.1, -0.05) is 12.1 Å². The zero-order valence-corrected chi connectivity index (χ0v) is 14.5. The quantitative estimate of drug-likeness (QED) is 0.854. The zero-order chi connectivity index (χ0) is 17.9. The van der Waals surface area contributed by atoms with E-state index >= 15 is 0 Å². The van der Waals surface area contributed by atoms with Crippen LogP contribution in [0.5, 0.6) is 11.5 Å². The molecule has 0 aliphatic heterocycles. The van der Waals surface area contributed by atoms with E-state index in [4.69, 9.17) is 14.2 Å². The van der Waals surface area contributed by atoms with Gasteiger partial charge >= 0.3 is 5.97 Å². The average Bonchev–Trinajstić information content (AvgIpc) is 2.60. The fourth-order valence-electron chi connectivity index (χ4n) is 2.76. The summed E-state index contributed by atoms with van der Waals surface area (Å²) in [6.07, 6.45) is 0. The topological polar surface area (TPSA) is 65.0 Å². The molecule has 128 valence electrons. The summed E-state index contributed by atoms with van der Waals surface area (Å²) in [5.74, 6) is 0.602. The van der Waals surface area contributed by atoms with Gasteiger partial charge in [-0.3, -0.25) is 0 Å². The average molecular weight is 330 g/mol. The van der Waals surface area contributed by atoms with Crippen LogP contribution in [0.25, 0.3) is 0 Å². The maximum atomic E-state index is 12.4. The maximum Gasteiger partial charge on any atom is 0.347 e. The second-order valence-corrected chi connectivity index (χ2v) is 5.57. The van der Waals surface area contributed by atoms with Gasteiger partial charge in [0.15, 0.2) is 0 Å². The van der Waals surface area contributed by atoms with Crippen LogP contribution in [0.1, 0.15) is 22.3 Å². The van der Waals surface area contributed by atoms with Gasteiger partial charge in [-0.05, 0) is 60.4 Å². The van der Waals surface area contributed by atoms with Gasteiger partial charge in [0.1, 0.15) is 11.5 Å². The largest absolute Gasteiger partial charge is 0.496 e. The fraction of sp³-hybridized carbons (Fsp3) is 0.316. The van der Waals surface area contributed by atoms with Crippen molar-refractivity contribution >= 4 is 5.97 Å². The highest BCUT2D eigenvalue weighted by Crippen LogP contribution is 2.35. The Morgan fingerprint density at radius 2 is 1.29 bits per heavy atom. The van der Waals surface area contributed by atoms with Gasteiger partial charge < -0.3 is 19.3 Å². The number of hydrogen-bond donors (Lipinski definition) is 1. The smallest absolute Gasteiger partial charge is 0.347 e. The SMILES string of the molecule is COC(=O)C(O)(c1ccc(OC)c(C)c1)c1ccc(OC)c(C)c1. The van der Waals surface area contributed by atoms with Gasteiger partial charge in [0.05, 0.1) is 21.3 Å². The molecule has 0 aliphatic carbocycles. The minimum absolute atomic E-state index is 0.414. The van der Waals surface area contributed by atoms with Gasteiger partial charge in [-0.2, -0.15) is 0 Å². The van der Waals surface area contributed by atoms with E-state index in [2.05, 4.69) is 0 Å². The van der Waals surface area contributed by atoms with Crippen LogP contribution in [0, 0.1) is 13.8 Å². The lowest BCUT2D eigenvalue weighted by molar-refractivity contribution is -0.158. The number of rotatable bonds is 5. The lowest BCUT2D eigenvalue weighted by atomic mass is 9.84. The Morgan fingerprint density at radius 3 is 1.58 bits per heavy atom. The van der Waals surface area contributed by atoms with Crippen LogP contribution in [-0.4, -0.2) is 32.4 Å². The molecule has 0 radical (unpaired) electrons. The highest BCUT2D eigenvalue weighted by atomic mass is 16.5. The fourth-order valence-corrected chi connectivity index (χ4v) is 2.76. The molecule has 1 N–H and O–H groups in total. The Bertz CT molecular complexity index is 698. The van der Waals surface area contributed by atoms with Gasteiger partial charge in [0.25, 0.3) is 0 Å². The molecular weight excluding hydrogens is 308 g/mol.